The van der Waals surface area contributed by atoms with Crippen LogP contribution in [0.2, 0.25) is 0 Å². The van der Waals surface area contributed by atoms with Gasteiger partial charge in [-0.1, -0.05) is 0 Å². The van der Waals surface area contributed by atoms with E-state index < -0.39 is 5.09 Å². The van der Waals surface area contributed by atoms with Gasteiger partial charge in [0, 0.05) is 40.8 Å². The molecule has 68 valence electrons. The van der Waals surface area contributed by atoms with E-state index in [4.69, 9.17) is 15.3 Å². The van der Waals surface area contributed by atoms with E-state index in [0.29, 0.717) is 0 Å². The molecule has 0 aromatic heterocycles. The van der Waals surface area contributed by atoms with Crippen LogP contribution in [-0.2, 0) is 0 Å². The maximum Gasteiger partial charge on any atom is 0.291 e. The third-order valence-electron chi connectivity index (χ3n) is 0. The summed E-state index contributed by atoms with van der Waals surface area (Å²) in [5.41, 5.74) is 0. The predicted octanol–water partition coefficient (Wildman–Crippen LogP) is -4.47. The van der Waals surface area contributed by atoms with Gasteiger partial charge in [-0.25, -0.2) is 0 Å². The molecule has 0 unspecified atom stereocenters. The summed E-state index contributed by atoms with van der Waals surface area (Å²) >= 11 is 0. The molecule has 0 aliphatic heterocycles. The Bertz CT molecular complexity index is 32.2. The predicted molar refractivity (Wildman–Crippen MR) is 26.8 cm³/mol. The van der Waals surface area contributed by atoms with Crippen molar-refractivity contribution in [1.82, 2.24) is 0 Å². The monoisotopic (exact) mass is 295 g/mol. The van der Waals surface area contributed by atoms with Gasteiger partial charge in [0.25, 0.3) is 5.09 Å². The van der Waals surface area contributed by atoms with Gasteiger partial charge in [0.05, 0.1) is 0 Å². The average molecular weight is 297 g/mol. The van der Waals surface area contributed by atoms with Crippen LogP contribution in [0.5, 0.6) is 0 Å². The second-order valence-corrected chi connectivity index (χ2v) is 0.238. The Morgan fingerprint density at radius 1 is 1.00 bits per heavy atom. The van der Waals surface area contributed by atoms with Gasteiger partial charge in [0.1, 0.15) is 0 Å². The van der Waals surface area contributed by atoms with Crippen molar-refractivity contribution in [1.29, 1.82) is 0 Å². The maximum atomic E-state index is 8.36. The molecular formula is H11NNdO8. The van der Waals surface area contributed by atoms with E-state index in [2.05, 4.69) is 0 Å². The van der Waals surface area contributed by atoms with Gasteiger partial charge in [-0.2, -0.15) is 0 Å². The normalized spacial score (nSPS) is 2.40. The first kappa shape index (κ1) is 80.6. The Morgan fingerprint density at radius 2 is 1.00 bits per heavy atom. The second kappa shape index (κ2) is 58.1. The van der Waals surface area contributed by atoms with Crippen molar-refractivity contribution in [3.05, 3.63) is 10.1 Å². The van der Waals surface area contributed by atoms with Crippen LogP contribution < -0.4 is 0 Å². The van der Waals surface area contributed by atoms with E-state index >= 15 is 0 Å². The van der Waals surface area contributed by atoms with Crippen molar-refractivity contribution < 1.29 is 78.5 Å². The Kier molecular flexibility index (Phi) is 468. The fraction of sp³-hybridized carbons (Fsp3) is 0. The Labute approximate surface area is 88.2 Å². The van der Waals surface area contributed by atoms with Crippen LogP contribution in [0.15, 0.2) is 0 Å². The summed E-state index contributed by atoms with van der Waals surface area (Å²) in [6.45, 7) is 0. The van der Waals surface area contributed by atoms with Crippen molar-refractivity contribution in [2.24, 2.45) is 0 Å². The van der Waals surface area contributed by atoms with Crippen LogP contribution in [0, 0.1) is 51.0 Å². The molecule has 0 saturated carbocycles. The summed E-state index contributed by atoms with van der Waals surface area (Å²) in [7, 11) is 0. The SMILES string of the molecule is O.O.O.O.O.O=[N+]([O-])O.[Nd]. The number of hydrogen-bond acceptors (Lipinski definition) is 2. The molecule has 0 radical (unpaired) electrons. The molecule has 0 bridgehead atoms. The standard InChI is InChI=1S/HNO3.Nd.5H2O/c2-1(3)4;;;;;;/h(H,2,3,4);;5*1H2. The smallest absolute Gasteiger partial charge is 0.291 e. The fourth-order valence-electron chi connectivity index (χ4n) is 0. The third-order valence-corrected chi connectivity index (χ3v) is 0. The van der Waals surface area contributed by atoms with Crippen LogP contribution in [0.1, 0.15) is 0 Å². The third kappa shape index (κ3) is 3670. The molecule has 0 spiro atoms. The zero-order valence-electron chi connectivity index (χ0n) is 4.71. The van der Waals surface area contributed by atoms with Gasteiger partial charge >= 0.3 is 0 Å². The molecule has 9 nitrogen and oxygen atoms in total. The summed E-state index contributed by atoms with van der Waals surface area (Å²) in [6, 6.07) is 0. The minimum absolute atomic E-state index is 0. The molecule has 0 aliphatic rings. The van der Waals surface area contributed by atoms with Gasteiger partial charge in [-0.05, 0) is 0 Å². The first-order chi connectivity index (χ1) is 1.73. The van der Waals surface area contributed by atoms with Crippen molar-refractivity contribution in [2.45, 2.75) is 0 Å². The van der Waals surface area contributed by atoms with E-state index in [9.17, 15) is 0 Å². The molecule has 0 heterocycles. The molecular weight excluding hydrogens is 286 g/mol. The summed E-state index contributed by atoms with van der Waals surface area (Å²) < 4.78 is 0. The molecule has 0 aliphatic carbocycles. The van der Waals surface area contributed by atoms with Gasteiger partial charge in [0.2, 0.25) is 0 Å². The summed E-state index contributed by atoms with van der Waals surface area (Å²) in [5.74, 6) is 0. The van der Waals surface area contributed by atoms with Gasteiger partial charge in [0.15, 0.2) is 0 Å². The quantitative estimate of drug-likeness (QED) is 0.345. The van der Waals surface area contributed by atoms with E-state index in [0.717, 1.165) is 0 Å². The minimum Gasteiger partial charge on any atom is -0.412 e. The molecule has 0 amide bonds. The number of nitrogens with zero attached hydrogens (tertiary/aromatic N) is 1. The van der Waals surface area contributed by atoms with E-state index in [1.54, 1.807) is 0 Å². The Balaban J connectivity index is -0.00000000300. The van der Waals surface area contributed by atoms with Crippen LogP contribution in [-0.4, -0.2) is 37.7 Å². The molecule has 0 fully saturated rings. The molecule has 0 atom stereocenters. The second-order valence-electron chi connectivity index (χ2n) is 0.238. The van der Waals surface area contributed by atoms with Crippen molar-refractivity contribution in [2.75, 3.05) is 0 Å². The molecule has 0 aromatic rings. The van der Waals surface area contributed by atoms with Crippen molar-refractivity contribution in [3.63, 3.8) is 0 Å². The number of hydrogen-bond donors (Lipinski definition) is 1. The summed E-state index contributed by atoms with van der Waals surface area (Å²) in [4.78, 5) is 8.36. The fourth-order valence-corrected chi connectivity index (χ4v) is 0. The minimum atomic E-state index is -1.50. The average Bonchev–Trinajstić information content (AvgIpc) is 0.811. The number of rotatable bonds is 0. The van der Waals surface area contributed by atoms with Crippen LogP contribution in [0.3, 0.4) is 0 Å². The van der Waals surface area contributed by atoms with E-state index in [-0.39, 0.29) is 68.2 Å². The van der Waals surface area contributed by atoms with Gasteiger partial charge in [-0.15, -0.1) is 10.1 Å². The van der Waals surface area contributed by atoms with Crippen molar-refractivity contribution in [3.8, 4) is 0 Å². The van der Waals surface area contributed by atoms with E-state index in [1.807, 2.05) is 0 Å². The van der Waals surface area contributed by atoms with Gasteiger partial charge < -0.3 is 32.6 Å². The van der Waals surface area contributed by atoms with Crippen molar-refractivity contribution >= 4 is 0 Å². The maximum absolute atomic E-state index is 8.36. The van der Waals surface area contributed by atoms with Crippen LogP contribution in [0.25, 0.3) is 0 Å². The zero-order valence-corrected chi connectivity index (χ0v) is 7.92. The molecule has 11 N–H and O–H groups in total. The zero-order chi connectivity index (χ0) is 3.58. The molecule has 0 saturated heterocycles. The van der Waals surface area contributed by atoms with Crippen LogP contribution in [0.4, 0.5) is 0 Å². The molecule has 10 heteroatoms. The van der Waals surface area contributed by atoms with E-state index in [1.165, 1.54) is 0 Å². The first-order valence-electron chi connectivity index (χ1n) is 0.565. The van der Waals surface area contributed by atoms with Crippen LogP contribution >= 0.6 is 0 Å². The Hall–Kier alpha value is 0.351. The summed E-state index contributed by atoms with van der Waals surface area (Å²) in [6.07, 6.45) is 0. The molecule has 0 aromatic carbocycles. The molecule has 10 heavy (non-hydrogen) atoms. The first-order valence-corrected chi connectivity index (χ1v) is 0.565. The summed E-state index contributed by atoms with van der Waals surface area (Å²) in [5, 5.41) is 13.6. The Morgan fingerprint density at radius 3 is 1.00 bits per heavy atom. The van der Waals surface area contributed by atoms with Gasteiger partial charge in [-0.3, -0.25) is 0 Å². The molecule has 0 rings (SSSR count). The topological polar surface area (TPSA) is 221 Å². The largest absolute Gasteiger partial charge is 0.412 e.